The number of carboxylic acids is 1. The van der Waals surface area contributed by atoms with Crippen LogP contribution >= 0.6 is 23.4 Å². The Hall–Kier alpha value is -3.06. The molecule has 0 aliphatic rings. The number of carbonyl (C=O) groups excluding carboxylic acids is 1. The summed E-state index contributed by atoms with van der Waals surface area (Å²) in [6, 6.07) is 25.4. The van der Waals surface area contributed by atoms with Gasteiger partial charge in [-0.25, -0.2) is 4.98 Å². The maximum absolute atomic E-state index is 11.4. The van der Waals surface area contributed by atoms with E-state index in [2.05, 4.69) is 4.98 Å². The highest BCUT2D eigenvalue weighted by molar-refractivity contribution is 7.99. The first-order valence-corrected chi connectivity index (χ1v) is 14.4. The fourth-order valence-electron chi connectivity index (χ4n) is 4.47. The van der Waals surface area contributed by atoms with Crippen LogP contribution in [0.15, 0.2) is 78.9 Å². The Morgan fingerprint density at radius 1 is 1.08 bits per heavy atom. The molecule has 3 aromatic carbocycles. The van der Waals surface area contributed by atoms with E-state index in [1.165, 1.54) is 0 Å². The molecule has 39 heavy (non-hydrogen) atoms. The summed E-state index contributed by atoms with van der Waals surface area (Å²) in [6.45, 7) is 5.56. The molecular formula is C32H33ClNO4S-. The van der Waals surface area contributed by atoms with E-state index in [-0.39, 0.29) is 5.25 Å². The van der Waals surface area contributed by atoms with Gasteiger partial charge in [0, 0.05) is 33.3 Å². The minimum atomic E-state index is -1.05. The van der Waals surface area contributed by atoms with Crippen LogP contribution in [0.1, 0.15) is 54.8 Å². The summed E-state index contributed by atoms with van der Waals surface area (Å²) in [7, 11) is 0. The molecule has 0 saturated heterocycles. The van der Waals surface area contributed by atoms with Crippen LogP contribution in [0.2, 0.25) is 5.02 Å². The normalized spacial score (nSPS) is 13.3. The van der Waals surface area contributed by atoms with Crippen LogP contribution in [0.3, 0.4) is 0 Å². The third-order valence-electron chi connectivity index (χ3n) is 6.63. The first kappa shape index (κ1) is 28.9. The Bertz CT molecular complexity index is 1440. The zero-order valence-electron chi connectivity index (χ0n) is 22.4. The zero-order chi connectivity index (χ0) is 28.0. The second-order valence-corrected chi connectivity index (χ2v) is 12.0. The predicted octanol–water partition coefficient (Wildman–Crippen LogP) is 6.49. The van der Waals surface area contributed by atoms with Gasteiger partial charge >= 0.3 is 0 Å². The lowest BCUT2D eigenvalue weighted by Crippen LogP contribution is -2.30. The second kappa shape index (κ2) is 12.9. The number of aryl methyl sites for hydroxylation is 1. The van der Waals surface area contributed by atoms with Crippen LogP contribution in [0.25, 0.3) is 10.9 Å². The van der Waals surface area contributed by atoms with E-state index in [0.717, 1.165) is 51.9 Å². The summed E-state index contributed by atoms with van der Waals surface area (Å²) in [5.41, 5.74) is 3.71. The van der Waals surface area contributed by atoms with Gasteiger partial charge in [0.2, 0.25) is 0 Å². The minimum Gasteiger partial charge on any atom is -0.550 e. The molecular weight excluding hydrogens is 530 g/mol. The standard InChI is InChI=1S/C32H34ClNO4S/c1-21(31(35)36)20-39-30(16-13-22-7-4-5-10-28(22)32(2,3)37)24-8-6-9-27(17-24)38-19-26-15-12-23-11-14-25(33)18-29(23)34-26/h4-12,14-15,17-18,21,30,37H,13,16,19-20H2,1-3H3,(H,35,36)/p-1/t21-,30+/m1/s1. The average Bonchev–Trinajstić information content (AvgIpc) is 2.91. The number of aliphatic hydroxyl groups is 1. The van der Waals surface area contributed by atoms with Gasteiger partial charge in [0.1, 0.15) is 12.4 Å². The molecule has 0 amide bonds. The van der Waals surface area contributed by atoms with Crippen molar-refractivity contribution in [2.75, 3.05) is 5.75 Å². The Kier molecular flexibility index (Phi) is 9.54. The molecule has 204 valence electrons. The molecule has 0 spiro atoms. The SMILES string of the molecule is C[C@H](CS[C@@H](CCc1ccccc1C(C)(C)O)c1cccc(OCc2ccc3ccc(Cl)cc3n2)c1)C(=O)[O-]. The van der Waals surface area contributed by atoms with E-state index >= 15 is 0 Å². The lowest BCUT2D eigenvalue weighted by Gasteiger charge is -2.24. The highest BCUT2D eigenvalue weighted by Gasteiger charge is 2.21. The second-order valence-electron chi connectivity index (χ2n) is 10.3. The largest absolute Gasteiger partial charge is 0.550 e. The first-order valence-electron chi connectivity index (χ1n) is 13.0. The fourth-order valence-corrected chi connectivity index (χ4v) is 5.92. The first-order chi connectivity index (χ1) is 18.6. The van der Waals surface area contributed by atoms with Crippen LogP contribution in [0, 0.1) is 5.92 Å². The molecule has 4 aromatic rings. The third-order valence-corrected chi connectivity index (χ3v) is 8.47. The molecule has 4 rings (SSSR count). The van der Waals surface area contributed by atoms with Crippen molar-refractivity contribution in [1.82, 2.24) is 4.98 Å². The molecule has 0 aliphatic heterocycles. The van der Waals surface area contributed by atoms with Gasteiger partial charge in [-0.2, -0.15) is 11.8 Å². The monoisotopic (exact) mass is 562 g/mol. The summed E-state index contributed by atoms with van der Waals surface area (Å²) in [4.78, 5) is 16.0. The predicted molar refractivity (Wildman–Crippen MR) is 157 cm³/mol. The number of hydrogen-bond acceptors (Lipinski definition) is 6. The molecule has 7 heteroatoms. The number of carbonyl (C=O) groups is 1. The number of pyridine rings is 1. The average molecular weight is 563 g/mol. The number of hydrogen-bond donors (Lipinski definition) is 1. The summed E-state index contributed by atoms with van der Waals surface area (Å²) in [5, 5.41) is 23.7. The van der Waals surface area contributed by atoms with Crippen LogP contribution in [0.4, 0.5) is 0 Å². The van der Waals surface area contributed by atoms with Crippen molar-refractivity contribution in [2.45, 2.75) is 51.1 Å². The van der Waals surface area contributed by atoms with Gasteiger partial charge in [0.15, 0.2) is 0 Å². The van der Waals surface area contributed by atoms with E-state index in [1.807, 2.05) is 78.9 Å². The number of ether oxygens (including phenoxy) is 1. The summed E-state index contributed by atoms with van der Waals surface area (Å²) < 4.78 is 6.11. The highest BCUT2D eigenvalue weighted by Crippen LogP contribution is 2.37. The highest BCUT2D eigenvalue weighted by atomic mass is 35.5. The molecule has 0 aliphatic carbocycles. The number of aliphatic carboxylic acids is 1. The molecule has 2 atom stereocenters. The number of thioether (sulfide) groups is 1. The van der Waals surface area contributed by atoms with Crippen molar-refractivity contribution < 1.29 is 19.7 Å². The van der Waals surface area contributed by atoms with Gasteiger partial charge in [-0.3, -0.25) is 0 Å². The molecule has 0 bridgehead atoms. The van der Waals surface area contributed by atoms with Gasteiger partial charge in [-0.15, -0.1) is 0 Å². The molecule has 0 radical (unpaired) electrons. The van der Waals surface area contributed by atoms with E-state index in [0.29, 0.717) is 17.4 Å². The number of nitrogens with zero attached hydrogens (tertiary/aromatic N) is 1. The Morgan fingerprint density at radius 2 is 1.85 bits per heavy atom. The Balaban J connectivity index is 1.51. The van der Waals surface area contributed by atoms with Crippen molar-refractivity contribution in [3.8, 4) is 5.75 Å². The smallest absolute Gasteiger partial charge is 0.130 e. The van der Waals surface area contributed by atoms with Crippen LogP contribution in [0.5, 0.6) is 5.75 Å². The maximum atomic E-state index is 11.4. The number of halogens is 1. The van der Waals surface area contributed by atoms with E-state index in [9.17, 15) is 15.0 Å². The minimum absolute atomic E-state index is 0.0335. The molecule has 0 unspecified atom stereocenters. The third kappa shape index (κ3) is 7.98. The van der Waals surface area contributed by atoms with Crippen molar-refractivity contribution in [3.05, 3.63) is 106 Å². The van der Waals surface area contributed by atoms with E-state index in [1.54, 1.807) is 32.5 Å². The van der Waals surface area contributed by atoms with Crippen molar-refractivity contribution in [1.29, 1.82) is 0 Å². The number of fused-ring (bicyclic) bond motifs is 1. The Labute approximate surface area is 239 Å². The Morgan fingerprint density at radius 3 is 2.62 bits per heavy atom. The summed E-state index contributed by atoms with van der Waals surface area (Å²) in [6.07, 6.45) is 1.51. The summed E-state index contributed by atoms with van der Waals surface area (Å²) >= 11 is 7.73. The molecule has 0 saturated carbocycles. The lowest BCUT2D eigenvalue weighted by molar-refractivity contribution is -0.310. The number of aromatic nitrogens is 1. The quantitative estimate of drug-likeness (QED) is 0.212. The molecule has 1 aromatic heterocycles. The summed E-state index contributed by atoms with van der Waals surface area (Å²) in [5.74, 6) is -0.451. The van der Waals surface area contributed by atoms with Gasteiger partial charge in [-0.05, 0) is 73.7 Å². The van der Waals surface area contributed by atoms with E-state index in [4.69, 9.17) is 16.3 Å². The number of carboxylic acid groups (broad SMARTS) is 1. The van der Waals surface area contributed by atoms with Gasteiger partial charge in [0.25, 0.3) is 0 Å². The molecule has 5 nitrogen and oxygen atoms in total. The van der Waals surface area contributed by atoms with Crippen molar-refractivity contribution >= 4 is 40.2 Å². The van der Waals surface area contributed by atoms with Gasteiger partial charge in [0.05, 0.1) is 16.8 Å². The number of rotatable bonds is 12. The number of benzene rings is 3. The van der Waals surface area contributed by atoms with Crippen LogP contribution < -0.4 is 9.84 Å². The van der Waals surface area contributed by atoms with Crippen LogP contribution in [-0.4, -0.2) is 21.8 Å². The molecule has 1 heterocycles. The van der Waals surface area contributed by atoms with E-state index < -0.39 is 17.5 Å². The zero-order valence-corrected chi connectivity index (χ0v) is 24.0. The lowest BCUT2D eigenvalue weighted by atomic mass is 9.90. The van der Waals surface area contributed by atoms with Crippen molar-refractivity contribution in [2.24, 2.45) is 5.92 Å². The van der Waals surface area contributed by atoms with Crippen LogP contribution in [-0.2, 0) is 23.4 Å². The molecule has 0 fully saturated rings. The molecule has 1 N–H and O–H groups in total. The fraction of sp³-hybridized carbons (Fsp3) is 0.312. The topological polar surface area (TPSA) is 82.5 Å². The van der Waals surface area contributed by atoms with Crippen molar-refractivity contribution in [3.63, 3.8) is 0 Å². The maximum Gasteiger partial charge on any atom is 0.130 e. The van der Waals surface area contributed by atoms with Gasteiger partial charge in [-0.1, -0.05) is 67.1 Å². The van der Waals surface area contributed by atoms with Gasteiger partial charge < -0.3 is 19.7 Å².